The number of halogens is 2. The molecule has 0 aliphatic carbocycles. The zero-order chi connectivity index (χ0) is 15.6. The van der Waals surface area contributed by atoms with Gasteiger partial charge in [0, 0.05) is 19.2 Å². The number of carbonyl (C=O) groups excluding carboxylic acids is 1. The van der Waals surface area contributed by atoms with Gasteiger partial charge in [0.15, 0.2) is 17.7 Å². The number of amides is 1. The number of carbonyl (C=O) groups is 1. The van der Waals surface area contributed by atoms with Crippen LogP contribution in [-0.4, -0.2) is 42.2 Å². The minimum absolute atomic E-state index is 0.0341. The lowest BCUT2D eigenvalue weighted by molar-refractivity contribution is -0.149. The van der Waals surface area contributed by atoms with Crippen LogP contribution in [0, 0.1) is 11.6 Å². The molecule has 1 amide bonds. The first-order chi connectivity index (χ1) is 9.86. The Hall–Kier alpha value is -1.69. The summed E-state index contributed by atoms with van der Waals surface area (Å²) < 4.78 is 36.9. The molecule has 1 aromatic carbocycles. The van der Waals surface area contributed by atoms with Gasteiger partial charge in [0.1, 0.15) is 5.75 Å². The van der Waals surface area contributed by atoms with E-state index in [-0.39, 0.29) is 23.9 Å². The van der Waals surface area contributed by atoms with Crippen LogP contribution < -0.4 is 4.74 Å². The second-order valence-electron chi connectivity index (χ2n) is 5.34. The molecule has 21 heavy (non-hydrogen) atoms. The second-order valence-corrected chi connectivity index (χ2v) is 5.34. The highest BCUT2D eigenvalue weighted by Crippen LogP contribution is 2.18. The van der Waals surface area contributed by atoms with Crippen LogP contribution in [0.15, 0.2) is 18.2 Å². The summed E-state index contributed by atoms with van der Waals surface area (Å²) in [5.41, 5.74) is 0. The van der Waals surface area contributed by atoms with Crippen LogP contribution in [0.2, 0.25) is 0 Å². The molecule has 1 aromatic rings. The number of hydrogen-bond donors (Lipinski definition) is 0. The monoisotopic (exact) mass is 299 g/mol. The summed E-state index contributed by atoms with van der Waals surface area (Å²) >= 11 is 0. The molecule has 1 aliphatic heterocycles. The summed E-state index contributed by atoms with van der Waals surface area (Å²) in [7, 11) is 0. The topological polar surface area (TPSA) is 38.8 Å². The minimum atomic E-state index is -0.999. The van der Waals surface area contributed by atoms with Crippen molar-refractivity contribution in [3.63, 3.8) is 0 Å². The maximum Gasteiger partial charge on any atom is 0.263 e. The predicted molar refractivity (Wildman–Crippen MR) is 73.0 cm³/mol. The Morgan fingerprint density at radius 2 is 1.90 bits per heavy atom. The maximum atomic E-state index is 13.1. The van der Waals surface area contributed by atoms with Gasteiger partial charge in [0.2, 0.25) is 0 Å². The number of nitrogens with zero attached hydrogens (tertiary/aromatic N) is 1. The van der Waals surface area contributed by atoms with Gasteiger partial charge in [-0.25, -0.2) is 8.78 Å². The number of benzene rings is 1. The Balaban J connectivity index is 2.00. The predicted octanol–water partition coefficient (Wildman–Crippen LogP) is 2.37. The van der Waals surface area contributed by atoms with Crippen molar-refractivity contribution in [2.24, 2.45) is 0 Å². The highest BCUT2D eigenvalue weighted by molar-refractivity contribution is 5.81. The van der Waals surface area contributed by atoms with Crippen molar-refractivity contribution in [3.05, 3.63) is 29.8 Å². The third-order valence-corrected chi connectivity index (χ3v) is 3.28. The largest absolute Gasteiger partial charge is 0.481 e. The molecular formula is C15H19F2NO3. The van der Waals surface area contributed by atoms with Gasteiger partial charge in [-0.3, -0.25) is 4.79 Å². The van der Waals surface area contributed by atoms with Gasteiger partial charge in [-0.1, -0.05) is 0 Å². The zero-order valence-electron chi connectivity index (χ0n) is 12.3. The smallest absolute Gasteiger partial charge is 0.263 e. The standard InChI is InChI=1S/C15H19F2NO3/c1-9-7-18(8-10(2)20-9)15(19)11(3)21-12-4-5-13(16)14(17)6-12/h4-6,9-11H,7-8H2,1-3H3. The van der Waals surface area contributed by atoms with E-state index in [4.69, 9.17) is 9.47 Å². The quantitative estimate of drug-likeness (QED) is 0.860. The third kappa shape index (κ3) is 3.91. The van der Waals surface area contributed by atoms with Crippen LogP contribution in [0.5, 0.6) is 5.75 Å². The molecule has 0 saturated carbocycles. The molecule has 1 aliphatic rings. The van der Waals surface area contributed by atoms with Gasteiger partial charge in [0.05, 0.1) is 12.2 Å². The first-order valence-corrected chi connectivity index (χ1v) is 6.92. The first-order valence-electron chi connectivity index (χ1n) is 6.92. The molecule has 4 nitrogen and oxygen atoms in total. The second kappa shape index (κ2) is 6.39. The molecule has 2 rings (SSSR count). The van der Waals surface area contributed by atoms with Crippen LogP contribution >= 0.6 is 0 Å². The molecule has 1 heterocycles. The van der Waals surface area contributed by atoms with E-state index < -0.39 is 17.7 Å². The summed E-state index contributed by atoms with van der Waals surface area (Å²) in [6, 6.07) is 3.21. The number of ether oxygens (including phenoxy) is 2. The van der Waals surface area contributed by atoms with Crippen molar-refractivity contribution in [2.45, 2.75) is 39.1 Å². The molecular weight excluding hydrogens is 280 g/mol. The first kappa shape index (κ1) is 15.7. The number of rotatable bonds is 3. The summed E-state index contributed by atoms with van der Waals surface area (Å²) in [5.74, 6) is -2.01. The van der Waals surface area contributed by atoms with Crippen molar-refractivity contribution in [2.75, 3.05) is 13.1 Å². The third-order valence-electron chi connectivity index (χ3n) is 3.28. The number of hydrogen-bond acceptors (Lipinski definition) is 3. The number of morpholine rings is 1. The molecule has 6 heteroatoms. The molecule has 0 spiro atoms. The van der Waals surface area contributed by atoms with Crippen LogP contribution in [0.25, 0.3) is 0 Å². The van der Waals surface area contributed by atoms with E-state index in [0.717, 1.165) is 12.1 Å². The summed E-state index contributed by atoms with van der Waals surface area (Å²) in [4.78, 5) is 14.0. The lowest BCUT2D eigenvalue weighted by Gasteiger charge is -2.36. The highest BCUT2D eigenvalue weighted by atomic mass is 19.2. The van der Waals surface area contributed by atoms with E-state index in [9.17, 15) is 13.6 Å². The minimum Gasteiger partial charge on any atom is -0.481 e. The van der Waals surface area contributed by atoms with Gasteiger partial charge in [0.25, 0.3) is 5.91 Å². The fourth-order valence-corrected chi connectivity index (χ4v) is 2.42. The molecule has 0 radical (unpaired) electrons. The molecule has 3 unspecified atom stereocenters. The van der Waals surface area contributed by atoms with E-state index in [1.54, 1.807) is 11.8 Å². The molecule has 1 saturated heterocycles. The van der Waals surface area contributed by atoms with E-state index in [1.807, 2.05) is 13.8 Å². The normalized spacial score (nSPS) is 23.8. The van der Waals surface area contributed by atoms with E-state index in [0.29, 0.717) is 13.1 Å². The van der Waals surface area contributed by atoms with Crippen LogP contribution in [-0.2, 0) is 9.53 Å². The molecule has 0 N–H and O–H groups in total. The van der Waals surface area contributed by atoms with Crippen molar-refractivity contribution in [1.82, 2.24) is 4.90 Å². The SMILES string of the molecule is CC1CN(C(=O)C(C)Oc2ccc(F)c(F)c2)CC(C)O1. The highest BCUT2D eigenvalue weighted by Gasteiger charge is 2.29. The van der Waals surface area contributed by atoms with Crippen molar-refractivity contribution >= 4 is 5.91 Å². The molecule has 0 aromatic heterocycles. The Morgan fingerprint density at radius 1 is 1.29 bits per heavy atom. The Kier molecular flexibility index (Phi) is 4.77. The van der Waals surface area contributed by atoms with Crippen molar-refractivity contribution in [3.8, 4) is 5.75 Å². The van der Waals surface area contributed by atoms with Gasteiger partial charge in [-0.05, 0) is 32.9 Å². The average Bonchev–Trinajstić information content (AvgIpc) is 2.41. The maximum absolute atomic E-state index is 13.1. The molecule has 3 atom stereocenters. The summed E-state index contributed by atoms with van der Waals surface area (Å²) in [6.07, 6.45) is -0.839. The van der Waals surface area contributed by atoms with E-state index >= 15 is 0 Å². The lowest BCUT2D eigenvalue weighted by atomic mass is 10.2. The van der Waals surface area contributed by atoms with Crippen molar-refractivity contribution < 1.29 is 23.0 Å². The van der Waals surface area contributed by atoms with E-state index in [2.05, 4.69) is 0 Å². The average molecular weight is 299 g/mol. The Bertz CT molecular complexity index is 514. The Labute approximate surface area is 122 Å². The van der Waals surface area contributed by atoms with Crippen LogP contribution in [0.1, 0.15) is 20.8 Å². The van der Waals surface area contributed by atoms with Gasteiger partial charge < -0.3 is 14.4 Å². The van der Waals surface area contributed by atoms with Crippen LogP contribution in [0.4, 0.5) is 8.78 Å². The van der Waals surface area contributed by atoms with Gasteiger partial charge >= 0.3 is 0 Å². The molecule has 0 bridgehead atoms. The fraction of sp³-hybridized carbons (Fsp3) is 0.533. The lowest BCUT2D eigenvalue weighted by Crippen LogP contribution is -2.51. The van der Waals surface area contributed by atoms with E-state index in [1.165, 1.54) is 6.07 Å². The van der Waals surface area contributed by atoms with Gasteiger partial charge in [-0.2, -0.15) is 0 Å². The molecule has 1 fully saturated rings. The Morgan fingerprint density at radius 3 is 2.48 bits per heavy atom. The molecule has 116 valence electrons. The summed E-state index contributed by atoms with van der Waals surface area (Å²) in [6.45, 7) is 6.38. The summed E-state index contributed by atoms with van der Waals surface area (Å²) in [5, 5.41) is 0. The zero-order valence-corrected chi connectivity index (χ0v) is 12.3. The van der Waals surface area contributed by atoms with Crippen LogP contribution in [0.3, 0.4) is 0 Å². The fourth-order valence-electron chi connectivity index (χ4n) is 2.42. The van der Waals surface area contributed by atoms with Gasteiger partial charge in [-0.15, -0.1) is 0 Å². The van der Waals surface area contributed by atoms with Crippen molar-refractivity contribution in [1.29, 1.82) is 0 Å².